The van der Waals surface area contributed by atoms with E-state index in [4.69, 9.17) is 0 Å². The van der Waals surface area contributed by atoms with Crippen LogP contribution in [0.2, 0.25) is 0 Å². The number of carbonyl (C=O) groups excluding carboxylic acids is 1. The number of nitrogens with zero attached hydrogens (tertiary/aromatic N) is 2. The highest BCUT2D eigenvalue weighted by Crippen LogP contribution is 2.17. The van der Waals surface area contributed by atoms with Crippen LogP contribution in [0.25, 0.3) is 0 Å². The lowest BCUT2D eigenvalue weighted by Crippen LogP contribution is -2.19. The third-order valence-corrected chi connectivity index (χ3v) is 2.68. The van der Waals surface area contributed by atoms with E-state index in [-0.39, 0.29) is 11.9 Å². The molecule has 0 saturated heterocycles. The van der Waals surface area contributed by atoms with E-state index < -0.39 is 0 Å². The summed E-state index contributed by atoms with van der Waals surface area (Å²) in [5, 5.41) is 9.78. The summed E-state index contributed by atoms with van der Waals surface area (Å²) in [5.74, 6) is 0.537. The van der Waals surface area contributed by atoms with Gasteiger partial charge in [-0.3, -0.25) is 4.79 Å². The lowest BCUT2D eigenvalue weighted by molar-refractivity contribution is -0.114. The Hall–Kier alpha value is -2.21. The minimum atomic E-state index is -0.0791. The van der Waals surface area contributed by atoms with Gasteiger partial charge in [0.1, 0.15) is 0 Å². The van der Waals surface area contributed by atoms with Gasteiger partial charge in [-0.2, -0.15) is 4.98 Å². The molecule has 0 radical (unpaired) electrons. The summed E-state index contributed by atoms with van der Waals surface area (Å²) < 4.78 is 4.67. The molecular weight excluding hydrogens is 244 g/mol. The van der Waals surface area contributed by atoms with E-state index >= 15 is 0 Å². The quantitative estimate of drug-likeness (QED) is 0.858. The van der Waals surface area contributed by atoms with Crippen molar-refractivity contribution in [2.75, 3.05) is 5.32 Å². The Balaban J connectivity index is 1.98. The molecule has 0 saturated carbocycles. The van der Waals surface area contributed by atoms with Crippen LogP contribution in [0.4, 0.5) is 5.69 Å². The third-order valence-electron chi connectivity index (χ3n) is 2.68. The number of nitrogens with one attached hydrogen (secondary N) is 2. The van der Waals surface area contributed by atoms with E-state index in [1.54, 1.807) is 0 Å². The van der Waals surface area contributed by atoms with Gasteiger partial charge in [-0.1, -0.05) is 17.3 Å². The Bertz CT molecular complexity index is 539. The molecule has 19 heavy (non-hydrogen) atoms. The molecule has 2 rings (SSSR count). The van der Waals surface area contributed by atoms with Crippen molar-refractivity contribution in [1.29, 1.82) is 0 Å². The Morgan fingerprint density at radius 2 is 2.32 bits per heavy atom. The number of amides is 1. The molecule has 0 spiro atoms. The van der Waals surface area contributed by atoms with Crippen molar-refractivity contribution in [2.24, 2.45) is 0 Å². The highest BCUT2D eigenvalue weighted by molar-refractivity contribution is 5.88. The van der Waals surface area contributed by atoms with E-state index in [0.717, 1.165) is 11.3 Å². The summed E-state index contributed by atoms with van der Waals surface area (Å²) in [7, 11) is 0. The van der Waals surface area contributed by atoms with Crippen molar-refractivity contribution >= 4 is 11.6 Å². The molecule has 2 aromatic rings. The van der Waals surface area contributed by atoms with E-state index in [9.17, 15) is 4.79 Å². The predicted octanol–water partition coefficient (Wildman–Crippen LogP) is 1.88. The summed E-state index contributed by atoms with van der Waals surface area (Å²) in [6.45, 7) is 4.06. The van der Waals surface area contributed by atoms with Gasteiger partial charge in [-0.15, -0.1) is 0 Å². The zero-order valence-electron chi connectivity index (χ0n) is 10.9. The van der Waals surface area contributed by atoms with Gasteiger partial charge in [0.15, 0.2) is 5.82 Å². The molecule has 6 heteroatoms. The van der Waals surface area contributed by atoms with Crippen molar-refractivity contribution in [3.05, 3.63) is 42.0 Å². The molecule has 0 fully saturated rings. The molecule has 0 aliphatic heterocycles. The molecule has 1 aromatic carbocycles. The summed E-state index contributed by atoms with van der Waals surface area (Å²) in [4.78, 5) is 15.0. The van der Waals surface area contributed by atoms with Crippen LogP contribution in [0, 0.1) is 0 Å². The first kappa shape index (κ1) is 13.2. The fraction of sp³-hybridized carbons (Fsp3) is 0.308. The number of hydrogen-bond donors (Lipinski definition) is 2. The van der Waals surface area contributed by atoms with Gasteiger partial charge in [-0.25, -0.2) is 0 Å². The monoisotopic (exact) mass is 260 g/mol. The molecule has 1 amide bonds. The minimum absolute atomic E-state index is 0.0791. The van der Waals surface area contributed by atoms with Crippen molar-refractivity contribution in [3.63, 3.8) is 0 Å². The number of carbonyl (C=O) groups is 1. The molecule has 1 aromatic heterocycles. The lowest BCUT2D eigenvalue weighted by Gasteiger charge is -2.14. The predicted molar refractivity (Wildman–Crippen MR) is 70.3 cm³/mol. The first-order chi connectivity index (χ1) is 9.15. The number of rotatable bonds is 5. The first-order valence-electron chi connectivity index (χ1n) is 6.01. The summed E-state index contributed by atoms with van der Waals surface area (Å²) in [6.07, 6.45) is 1.30. The normalized spacial score (nSPS) is 12.1. The van der Waals surface area contributed by atoms with Gasteiger partial charge in [-0.05, 0) is 24.6 Å². The van der Waals surface area contributed by atoms with Crippen LogP contribution in [0.3, 0.4) is 0 Å². The zero-order valence-corrected chi connectivity index (χ0v) is 10.9. The van der Waals surface area contributed by atoms with Crippen LogP contribution >= 0.6 is 0 Å². The number of anilines is 1. The molecule has 0 aliphatic rings. The Morgan fingerprint density at radius 1 is 1.47 bits per heavy atom. The van der Waals surface area contributed by atoms with Gasteiger partial charge in [0.25, 0.3) is 0 Å². The summed E-state index contributed by atoms with van der Waals surface area (Å²) in [6, 6.07) is 7.82. The smallest absolute Gasteiger partial charge is 0.221 e. The second-order valence-electron chi connectivity index (χ2n) is 4.26. The molecular formula is C13H16N4O2. The molecule has 6 nitrogen and oxygen atoms in total. The molecule has 100 valence electrons. The van der Waals surface area contributed by atoms with Crippen LogP contribution in [-0.4, -0.2) is 16.0 Å². The van der Waals surface area contributed by atoms with Gasteiger partial charge >= 0.3 is 0 Å². The molecule has 1 atom stereocenters. The van der Waals surface area contributed by atoms with Gasteiger partial charge in [0, 0.05) is 18.7 Å². The Morgan fingerprint density at radius 3 is 3.00 bits per heavy atom. The van der Waals surface area contributed by atoms with Crippen LogP contribution in [-0.2, 0) is 11.3 Å². The fourth-order valence-corrected chi connectivity index (χ4v) is 1.72. The van der Waals surface area contributed by atoms with Crippen LogP contribution in [0.5, 0.6) is 0 Å². The highest BCUT2D eigenvalue weighted by atomic mass is 16.5. The van der Waals surface area contributed by atoms with E-state index in [1.165, 1.54) is 13.3 Å². The standard InChI is InChI=1S/C13H16N4O2/c1-9(14-7-13-15-8-19-17-13)11-4-3-5-12(6-11)16-10(2)18/h3-6,8-9,14H,7H2,1-2H3,(H,16,18). The Labute approximate surface area is 111 Å². The largest absolute Gasteiger partial charge is 0.343 e. The van der Waals surface area contributed by atoms with Crippen LogP contribution < -0.4 is 10.6 Å². The molecule has 0 aliphatic carbocycles. The first-order valence-corrected chi connectivity index (χ1v) is 6.01. The van der Waals surface area contributed by atoms with Crippen molar-refractivity contribution in [1.82, 2.24) is 15.5 Å². The number of hydrogen-bond acceptors (Lipinski definition) is 5. The average Bonchev–Trinajstić information content (AvgIpc) is 2.88. The summed E-state index contributed by atoms with van der Waals surface area (Å²) in [5.41, 5.74) is 1.87. The second kappa shape index (κ2) is 6.10. The molecule has 1 unspecified atom stereocenters. The van der Waals surface area contributed by atoms with E-state index in [1.807, 2.05) is 31.2 Å². The highest BCUT2D eigenvalue weighted by Gasteiger charge is 2.07. The van der Waals surface area contributed by atoms with Crippen molar-refractivity contribution < 1.29 is 9.32 Å². The number of benzene rings is 1. The second-order valence-corrected chi connectivity index (χ2v) is 4.26. The summed E-state index contributed by atoms with van der Waals surface area (Å²) >= 11 is 0. The number of aromatic nitrogens is 2. The fourth-order valence-electron chi connectivity index (χ4n) is 1.72. The Kier molecular flexibility index (Phi) is 4.25. The van der Waals surface area contributed by atoms with Gasteiger partial charge in [0.05, 0.1) is 6.54 Å². The van der Waals surface area contributed by atoms with Gasteiger partial charge in [0.2, 0.25) is 12.3 Å². The van der Waals surface area contributed by atoms with E-state index in [2.05, 4.69) is 25.3 Å². The SMILES string of the molecule is CC(=O)Nc1cccc(C(C)NCc2ncon2)c1. The molecule has 0 bridgehead atoms. The van der Waals surface area contributed by atoms with Crippen LogP contribution in [0.1, 0.15) is 31.3 Å². The van der Waals surface area contributed by atoms with Crippen molar-refractivity contribution in [3.8, 4) is 0 Å². The zero-order chi connectivity index (χ0) is 13.7. The molecule has 1 heterocycles. The molecule has 2 N–H and O–H groups in total. The van der Waals surface area contributed by atoms with Gasteiger partial charge < -0.3 is 15.2 Å². The van der Waals surface area contributed by atoms with E-state index in [0.29, 0.717) is 12.4 Å². The topological polar surface area (TPSA) is 80.0 Å². The average molecular weight is 260 g/mol. The maximum absolute atomic E-state index is 11.0. The van der Waals surface area contributed by atoms with Crippen molar-refractivity contribution in [2.45, 2.75) is 26.4 Å². The maximum Gasteiger partial charge on any atom is 0.221 e. The minimum Gasteiger partial charge on any atom is -0.343 e. The lowest BCUT2D eigenvalue weighted by atomic mass is 10.1. The third kappa shape index (κ3) is 3.89. The maximum atomic E-state index is 11.0. The van der Waals surface area contributed by atoms with Crippen LogP contribution in [0.15, 0.2) is 35.2 Å².